The van der Waals surface area contributed by atoms with Crippen LogP contribution in [-0.4, -0.2) is 42.4 Å². The van der Waals surface area contributed by atoms with Crippen molar-refractivity contribution in [3.8, 4) is 0 Å². The van der Waals surface area contributed by atoms with Gasteiger partial charge in [-0.1, -0.05) is 12.1 Å². The van der Waals surface area contributed by atoms with Crippen LogP contribution in [0.1, 0.15) is 43.4 Å². The third-order valence-corrected chi connectivity index (χ3v) is 4.16. The molecule has 1 fully saturated rings. The van der Waals surface area contributed by atoms with E-state index in [0.717, 1.165) is 39.1 Å². The van der Waals surface area contributed by atoms with Crippen molar-refractivity contribution in [3.05, 3.63) is 35.1 Å². The Labute approximate surface area is 126 Å². The van der Waals surface area contributed by atoms with Crippen LogP contribution in [0, 0.1) is 12.7 Å². The minimum atomic E-state index is -0.604. The Kier molecular flexibility index (Phi) is 6.15. The number of aryl methyl sites for hydroxylation is 1. The third-order valence-electron chi connectivity index (χ3n) is 4.16. The Morgan fingerprint density at radius 1 is 1.48 bits per heavy atom. The summed E-state index contributed by atoms with van der Waals surface area (Å²) >= 11 is 0. The molecule has 0 radical (unpaired) electrons. The molecule has 0 bridgehead atoms. The SMILES string of the molecule is CCOC1CCCN(CCC(O)c2ccc(C)c(F)c2)C1. The van der Waals surface area contributed by atoms with Gasteiger partial charge in [0.2, 0.25) is 0 Å². The largest absolute Gasteiger partial charge is 0.388 e. The molecule has 2 unspecified atom stereocenters. The molecule has 1 aromatic rings. The maximum atomic E-state index is 13.5. The number of aliphatic hydroxyl groups is 1. The summed E-state index contributed by atoms with van der Waals surface area (Å²) < 4.78 is 19.2. The lowest BCUT2D eigenvalue weighted by Gasteiger charge is -2.32. The molecule has 1 aromatic carbocycles. The van der Waals surface area contributed by atoms with Crippen LogP contribution in [0.25, 0.3) is 0 Å². The minimum absolute atomic E-state index is 0.249. The molecule has 0 aliphatic carbocycles. The van der Waals surface area contributed by atoms with E-state index in [9.17, 15) is 9.50 Å². The molecule has 0 saturated carbocycles. The maximum Gasteiger partial charge on any atom is 0.126 e. The van der Waals surface area contributed by atoms with Crippen LogP contribution in [0.15, 0.2) is 18.2 Å². The lowest BCUT2D eigenvalue weighted by atomic mass is 10.0. The van der Waals surface area contributed by atoms with Gasteiger partial charge < -0.3 is 14.7 Å². The number of rotatable bonds is 6. The summed E-state index contributed by atoms with van der Waals surface area (Å²) in [6, 6.07) is 4.97. The van der Waals surface area contributed by atoms with Crippen molar-refractivity contribution in [1.29, 1.82) is 0 Å². The van der Waals surface area contributed by atoms with E-state index in [1.54, 1.807) is 13.0 Å². The number of nitrogens with zero attached hydrogens (tertiary/aromatic N) is 1. The fourth-order valence-corrected chi connectivity index (χ4v) is 2.88. The van der Waals surface area contributed by atoms with Crippen LogP contribution in [0.5, 0.6) is 0 Å². The zero-order valence-corrected chi connectivity index (χ0v) is 13.0. The molecule has 1 heterocycles. The fraction of sp³-hybridized carbons (Fsp3) is 0.647. The van der Waals surface area contributed by atoms with E-state index in [0.29, 0.717) is 23.7 Å². The highest BCUT2D eigenvalue weighted by molar-refractivity contribution is 5.24. The molecule has 1 aliphatic heterocycles. The van der Waals surface area contributed by atoms with Crippen molar-refractivity contribution in [1.82, 2.24) is 4.90 Å². The van der Waals surface area contributed by atoms with Gasteiger partial charge in [0, 0.05) is 19.7 Å². The van der Waals surface area contributed by atoms with Crippen LogP contribution < -0.4 is 0 Å². The number of aliphatic hydroxyl groups excluding tert-OH is 1. The Balaban J connectivity index is 1.82. The highest BCUT2D eigenvalue weighted by Crippen LogP contribution is 2.21. The van der Waals surface area contributed by atoms with Crippen molar-refractivity contribution in [2.24, 2.45) is 0 Å². The number of benzene rings is 1. The van der Waals surface area contributed by atoms with E-state index in [2.05, 4.69) is 4.90 Å². The summed E-state index contributed by atoms with van der Waals surface area (Å²) in [6.45, 7) is 7.31. The van der Waals surface area contributed by atoms with Crippen molar-refractivity contribution >= 4 is 0 Å². The summed E-state index contributed by atoms with van der Waals surface area (Å²) in [5.74, 6) is -0.249. The Hall–Kier alpha value is -0.970. The Bertz CT molecular complexity index is 450. The molecule has 0 spiro atoms. The molecule has 1 saturated heterocycles. The lowest BCUT2D eigenvalue weighted by molar-refractivity contribution is 0.00211. The number of halogens is 1. The Morgan fingerprint density at radius 2 is 2.29 bits per heavy atom. The number of hydrogen-bond acceptors (Lipinski definition) is 3. The number of ether oxygens (including phenoxy) is 1. The molecule has 2 atom stereocenters. The highest BCUT2D eigenvalue weighted by Gasteiger charge is 2.20. The van der Waals surface area contributed by atoms with Gasteiger partial charge in [-0.05, 0) is 56.8 Å². The average molecular weight is 295 g/mol. The molecule has 1 N–H and O–H groups in total. The van der Waals surface area contributed by atoms with E-state index < -0.39 is 6.10 Å². The van der Waals surface area contributed by atoms with Gasteiger partial charge in [-0.3, -0.25) is 0 Å². The van der Waals surface area contributed by atoms with E-state index in [1.165, 1.54) is 6.07 Å². The molecule has 4 heteroatoms. The second kappa shape index (κ2) is 7.87. The Morgan fingerprint density at radius 3 is 3.00 bits per heavy atom. The fourth-order valence-electron chi connectivity index (χ4n) is 2.88. The van der Waals surface area contributed by atoms with Gasteiger partial charge in [0.05, 0.1) is 12.2 Å². The third kappa shape index (κ3) is 4.77. The quantitative estimate of drug-likeness (QED) is 0.875. The van der Waals surface area contributed by atoms with Crippen LogP contribution >= 0.6 is 0 Å². The zero-order valence-electron chi connectivity index (χ0n) is 13.0. The smallest absolute Gasteiger partial charge is 0.126 e. The maximum absolute atomic E-state index is 13.5. The summed E-state index contributed by atoms with van der Waals surface area (Å²) in [6.07, 6.45) is 2.60. The van der Waals surface area contributed by atoms with Crippen molar-refractivity contribution in [3.63, 3.8) is 0 Å². The molecule has 3 nitrogen and oxygen atoms in total. The van der Waals surface area contributed by atoms with Crippen molar-refractivity contribution in [2.45, 2.75) is 45.3 Å². The average Bonchev–Trinajstić information content (AvgIpc) is 2.48. The molecule has 21 heavy (non-hydrogen) atoms. The van der Waals surface area contributed by atoms with Crippen LogP contribution in [0.2, 0.25) is 0 Å². The van der Waals surface area contributed by atoms with Crippen LogP contribution in [0.4, 0.5) is 4.39 Å². The van der Waals surface area contributed by atoms with Gasteiger partial charge in [0.15, 0.2) is 0 Å². The summed E-state index contributed by atoms with van der Waals surface area (Å²) in [5, 5.41) is 10.2. The topological polar surface area (TPSA) is 32.7 Å². The number of hydrogen-bond donors (Lipinski definition) is 1. The summed E-state index contributed by atoms with van der Waals surface area (Å²) in [5.41, 5.74) is 1.28. The molecule has 118 valence electrons. The first kappa shape index (κ1) is 16.4. The lowest BCUT2D eigenvalue weighted by Crippen LogP contribution is -2.40. The summed E-state index contributed by atoms with van der Waals surface area (Å²) in [7, 11) is 0. The first-order chi connectivity index (χ1) is 10.1. The van der Waals surface area contributed by atoms with Crippen molar-refractivity contribution < 1.29 is 14.2 Å². The second-order valence-electron chi connectivity index (χ2n) is 5.83. The standard InChI is InChI=1S/C17H26FNO2/c1-3-21-15-5-4-9-19(12-15)10-8-17(20)14-7-6-13(2)16(18)11-14/h6-7,11,15,17,20H,3-5,8-10,12H2,1-2H3. The predicted molar refractivity (Wildman–Crippen MR) is 81.8 cm³/mol. The van der Waals surface area contributed by atoms with Gasteiger partial charge >= 0.3 is 0 Å². The molecule has 0 amide bonds. The zero-order chi connectivity index (χ0) is 15.2. The first-order valence-corrected chi connectivity index (χ1v) is 7.88. The van der Waals surface area contributed by atoms with E-state index >= 15 is 0 Å². The van der Waals surface area contributed by atoms with Crippen LogP contribution in [-0.2, 0) is 4.74 Å². The second-order valence-corrected chi connectivity index (χ2v) is 5.83. The van der Waals surface area contributed by atoms with E-state index in [-0.39, 0.29) is 5.82 Å². The molecular weight excluding hydrogens is 269 g/mol. The first-order valence-electron chi connectivity index (χ1n) is 7.88. The molecule has 1 aliphatic rings. The molecule has 0 aromatic heterocycles. The normalized spacial score (nSPS) is 21.4. The minimum Gasteiger partial charge on any atom is -0.388 e. The molecular formula is C17H26FNO2. The molecule has 2 rings (SSSR count). The van der Waals surface area contributed by atoms with E-state index in [4.69, 9.17) is 4.74 Å². The monoisotopic (exact) mass is 295 g/mol. The van der Waals surface area contributed by atoms with Gasteiger partial charge in [-0.25, -0.2) is 4.39 Å². The predicted octanol–water partition coefficient (Wildman–Crippen LogP) is 3.06. The number of piperidine rings is 1. The van der Waals surface area contributed by atoms with Gasteiger partial charge in [0.1, 0.15) is 5.82 Å². The number of likely N-dealkylation sites (tertiary alicyclic amines) is 1. The van der Waals surface area contributed by atoms with Gasteiger partial charge in [-0.2, -0.15) is 0 Å². The van der Waals surface area contributed by atoms with Gasteiger partial charge in [0.25, 0.3) is 0 Å². The van der Waals surface area contributed by atoms with Crippen LogP contribution in [0.3, 0.4) is 0 Å². The summed E-state index contributed by atoms with van der Waals surface area (Å²) in [4.78, 5) is 2.33. The van der Waals surface area contributed by atoms with Crippen molar-refractivity contribution in [2.75, 3.05) is 26.2 Å². The van der Waals surface area contributed by atoms with Gasteiger partial charge in [-0.15, -0.1) is 0 Å². The highest BCUT2D eigenvalue weighted by atomic mass is 19.1. The van der Waals surface area contributed by atoms with E-state index in [1.807, 2.05) is 13.0 Å².